The number of hydrogen-bond acceptors (Lipinski definition) is 4. The number of nitrogens with one attached hydrogen (secondary N) is 1. The first kappa shape index (κ1) is 12.2. The molecule has 0 amide bonds. The maximum atomic E-state index is 11.7. The number of benzene rings is 2. The summed E-state index contributed by atoms with van der Waals surface area (Å²) in [6.45, 7) is 0. The molecule has 20 heavy (non-hydrogen) atoms. The summed E-state index contributed by atoms with van der Waals surface area (Å²) in [5.41, 5.74) is 1.23. The zero-order valence-electron chi connectivity index (χ0n) is 10.6. The van der Waals surface area contributed by atoms with Crippen molar-refractivity contribution in [2.75, 3.05) is 7.11 Å². The number of H-pyrrole nitrogens is 1. The highest BCUT2D eigenvalue weighted by atomic mass is 16.5. The molecular formula is C15H11NO4. The van der Waals surface area contributed by atoms with E-state index in [1.807, 2.05) is 24.3 Å². The minimum atomic E-state index is -0.658. The van der Waals surface area contributed by atoms with Crippen LogP contribution < -0.4 is 0 Å². The Labute approximate surface area is 113 Å². The molecule has 0 aliphatic carbocycles. The number of fused-ring (bicyclic) bond motifs is 3. The Hall–Kier alpha value is -2.82. The molecule has 0 spiro atoms. The third-order valence-corrected chi connectivity index (χ3v) is 3.34. The van der Waals surface area contributed by atoms with Crippen LogP contribution in [0.15, 0.2) is 30.3 Å². The second-order valence-electron chi connectivity index (χ2n) is 4.39. The Morgan fingerprint density at radius 2 is 2.05 bits per heavy atom. The first-order chi connectivity index (χ1) is 9.67. The van der Waals surface area contributed by atoms with Crippen LogP contribution in [0, 0.1) is 0 Å². The predicted octanol–water partition coefficient (Wildman–Crippen LogP) is 2.63. The zero-order valence-corrected chi connectivity index (χ0v) is 10.6. The number of esters is 1. The molecule has 2 aromatic carbocycles. The van der Waals surface area contributed by atoms with Gasteiger partial charge in [0.25, 0.3) is 0 Å². The van der Waals surface area contributed by atoms with Gasteiger partial charge in [-0.15, -0.1) is 0 Å². The standard InChI is InChI=1S/C15H11NO4/c1-20-15(19)10-6-9-8-4-2-3-5-12(8)16-13(9)14(18)11(10)7-17/h2-7,16,18H,1H3. The zero-order chi connectivity index (χ0) is 14.3. The number of rotatable bonds is 2. The maximum Gasteiger partial charge on any atom is 0.338 e. The highest BCUT2D eigenvalue weighted by molar-refractivity contribution is 6.15. The van der Waals surface area contributed by atoms with Crippen molar-refractivity contribution in [3.05, 3.63) is 41.5 Å². The van der Waals surface area contributed by atoms with Gasteiger partial charge in [0.1, 0.15) is 0 Å². The summed E-state index contributed by atoms with van der Waals surface area (Å²) in [6, 6.07) is 9.00. The summed E-state index contributed by atoms with van der Waals surface area (Å²) in [5.74, 6) is -0.899. The van der Waals surface area contributed by atoms with Crippen molar-refractivity contribution in [3.63, 3.8) is 0 Å². The highest BCUT2D eigenvalue weighted by Crippen LogP contribution is 2.35. The summed E-state index contributed by atoms with van der Waals surface area (Å²) in [6.07, 6.45) is 0.451. The van der Waals surface area contributed by atoms with Crippen molar-refractivity contribution >= 4 is 34.1 Å². The molecule has 0 fully saturated rings. The fourth-order valence-corrected chi connectivity index (χ4v) is 2.38. The van der Waals surface area contributed by atoms with Gasteiger partial charge in [-0.3, -0.25) is 4.79 Å². The van der Waals surface area contributed by atoms with E-state index < -0.39 is 5.97 Å². The molecule has 0 radical (unpaired) electrons. The fraction of sp³-hybridized carbons (Fsp3) is 0.0667. The number of aromatic hydroxyl groups is 1. The number of ether oxygens (including phenoxy) is 1. The Kier molecular flexibility index (Phi) is 2.68. The molecule has 2 N–H and O–H groups in total. The highest BCUT2D eigenvalue weighted by Gasteiger charge is 2.20. The van der Waals surface area contributed by atoms with Crippen LogP contribution in [-0.2, 0) is 4.74 Å². The topological polar surface area (TPSA) is 79.4 Å². The first-order valence-electron chi connectivity index (χ1n) is 5.97. The average Bonchev–Trinajstić information content (AvgIpc) is 2.85. The monoisotopic (exact) mass is 269 g/mol. The Balaban J connectivity index is 2.49. The number of aromatic nitrogens is 1. The minimum absolute atomic E-state index is 0.0530. The summed E-state index contributed by atoms with van der Waals surface area (Å²) >= 11 is 0. The van der Waals surface area contributed by atoms with Gasteiger partial charge in [-0.2, -0.15) is 0 Å². The molecule has 0 bridgehead atoms. The molecule has 100 valence electrons. The first-order valence-corrected chi connectivity index (χ1v) is 5.97. The minimum Gasteiger partial charge on any atom is -0.505 e. The van der Waals surface area contributed by atoms with Crippen LogP contribution in [0.3, 0.4) is 0 Å². The van der Waals surface area contributed by atoms with E-state index in [4.69, 9.17) is 0 Å². The van der Waals surface area contributed by atoms with Crippen LogP contribution in [0.25, 0.3) is 21.8 Å². The number of phenolic OH excluding ortho intramolecular Hbond substituents is 1. The van der Waals surface area contributed by atoms with Crippen molar-refractivity contribution in [1.29, 1.82) is 0 Å². The lowest BCUT2D eigenvalue weighted by molar-refractivity contribution is 0.0598. The van der Waals surface area contributed by atoms with Crippen molar-refractivity contribution in [2.24, 2.45) is 0 Å². The van der Waals surface area contributed by atoms with Crippen LogP contribution in [-0.4, -0.2) is 29.5 Å². The molecule has 1 heterocycles. The van der Waals surface area contributed by atoms with Crippen LogP contribution in [0.1, 0.15) is 20.7 Å². The molecule has 0 aliphatic heterocycles. The molecular weight excluding hydrogens is 258 g/mol. The number of para-hydroxylation sites is 1. The molecule has 1 aromatic heterocycles. The number of methoxy groups -OCH3 is 1. The third kappa shape index (κ3) is 1.56. The second-order valence-corrected chi connectivity index (χ2v) is 4.39. The lowest BCUT2D eigenvalue weighted by Gasteiger charge is -2.06. The van der Waals surface area contributed by atoms with Gasteiger partial charge in [0, 0.05) is 16.3 Å². The summed E-state index contributed by atoms with van der Waals surface area (Å²) < 4.78 is 4.65. The third-order valence-electron chi connectivity index (χ3n) is 3.34. The number of carbonyl (C=O) groups is 2. The molecule has 0 aliphatic rings. The second kappa shape index (κ2) is 4.38. The van der Waals surface area contributed by atoms with Crippen LogP contribution >= 0.6 is 0 Å². The summed E-state index contributed by atoms with van der Waals surface area (Å²) in [7, 11) is 1.23. The Morgan fingerprint density at radius 3 is 2.75 bits per heavy atom. The van der Waals surface area contributed by atoms with Crippen molar-refractivity contribution < 1.29 is 19.4 Å². The molecule has 5 heteroatoms. The number of carbonyl (C=O) groups excluding carboxylic acids is 2. The van der Waals surface area contributed by atoms with Gasteiger partial charge in [-0.05, 0) is 12.1 Å². The Morgan fingerprint density at radius 1 is 1.30 bits per heavy atom. The molecule has 0 atom stereocenters. The molecule has 0 saturated heterocycles. The average molecular weight is 269 g/mol. The van der Waals surface area contributed by atoms with E-state index in [1.54, 1.807) is 6.07 Å². The van der Waals surface area contributed by atoms with Crippen molar-refractivity contribution in [3.8, 4) is 5.75 Å². The van der Waals surface area contributed by atoms with E-state index in [9.17, 15) is 14.7 Å². The van der Waals surface area contributed by atoms with E-state index in [2.05, 4.69) is 9.72 Å². The normalized spacial score (nSPS) is 10.8. The van der Waals surface area contributed by atoms with Crippen molar-refractivity contribution in [2.45, 2.75) is 0 Å². The van der Waals surface area contributed by atoms with Gasteiger partial charge in [0.2, 0.25) is 0 Å². The summed E-state index contributed by atoms with van der Waals surface area (Å²) in [5, 5.41) is 11.7. The van der Waals surface area contributed by atoms with Crippen LogP contribution in [0.5, 0.6) is 5.75 Å². The van der Waals surface area contributed by atoms with Gasteiger partial charge in [0.05, 0.1) is 23.8 Å². The number of phenols is 1. The summed E-state index contributed by atoms with van der Waals surface area (Å²) in [4.78, 5) is 25.9. The number of hydrogen-bond donors (Lipinski definition) is 2. The van der Waals surface area contributed by atoms with Gasteiger partial charge in [-0.1, -0.05) is 18.2 Å². The number of aromatic amines is 1. The molecule has 0 unspecified atom stereocenters. The van der Waals surface area contributed by atoms with E-state index in [-0.39, 0.29) is 16.9 Å². The predicted molar refractivity (Wildman–Crippen MR) is 74.2 cm³/mol. The van der Waals surface area contributed by atoms with E-state index >= 15 is 0 Å². The van der Waals surface area contributed by atoms with Gasteiger partial charge < -0.3 is 14.8 Å². The molecule has 3 rings (SSSR count). The molecule has 0 saturated carbocycles. The SMILES string of the molecule is COC(=O)c1cc2c([nH]c3ccccc32)c(O)c1C=O. The van der Waals surface area contributed by atoms with E-state index in [0.29, 0.717) is 17.2 Å². The smallest absolute Gasteiger partial charge is 0.338 e. The Bertz CT molecular complexity index is 848. The van der Waals surface area contributed by atoms with Gasteiger partial charge in [-0.25, -0.2) is 4.79 Å². The fourth-order valence-electron chi connectivity index (χ4n) is 2.38. The van der Waals surface area contributed by atoms with Crippen LogP contribution in [0.4, 0.5) is 0 Å². The van der Waals surface area contributed by atoms with Crippen molar-refractivity contribution in [1.82, 2.24) is 4.98 Å². The van der Waals surface area contributed by atoms with Gasteiger partial charge >= 0.3 is 5.97 Å². The molecule has 3 aromatic rings. The lowest BCUT2D eigenvalue weighted by Crippen LogP contribution is -2.05. The van der Waals surface area contributed by atoms with Gasteiger partial charge in [0.15, 0.2) is 12.0 Å². The lowest BCUT2D eigenvalue weighted by atomic mass is 10.0. The maximum absolute atomic E-state index is 11.7. The van der Waals surface area contributed by atoms with E-state index in [0.717, 1.165) is 10.9 Å². The number of aldehydes is 1. The van der Waals surface area contributed by atoms with E-state index in [1.165, 1.54) is 7.11 Å². The quantitative estimate of drug-likeness (QED) is 0.553. The largest absolute Gasteiger partial charge is 0.505 e. The van der Waals surface area contributed by atoms with Crippen LogP contribution in [0.2, 0.25) is 0 Å². The molecule has 5 nitrogen and oxygen atoms in total.